The molecule has 0 aromatic heterocycles. The molecule has 14 heavy (non-hydrogen) atoms. The number of hydrogen-bond acceptors (Lipinski definition) is 3. The molecule has 0 bridgehead atoms. The first-order valence-electron chi connectivity index (χ1n) is 4.41. The van der Waals surface area contributed by atoms with Crippen LogP contribution < -0.4 is 11.1 Å². The SMILES string of the molecule is NCC(=O)NCc1ccc(CO)cc1. The summed E-state index contributed by atoms with van der Waals surface area (Å²) in [5, 5.41) is 11.5. The summed E-state index contributed by atoms with van der Waals surface area (Å²) in [6.07, 6.45) is 0. The molecule has 4 N–H and O–H groups in total. The molecule has 4 nitrogen and oxygen atoms in total. The predicted octanol–water partition coefficient (Wildman–Crippen LogP) is -0.246. The van der Waals surface area contributed by atoms with Crippen molar-refractivity contribution in [1.29, 1.82) is 0 Å². The summed E-state index contributed by atoms with van der Waals surface area (Å²) in [5.74, 6) is -0.170. The normalized spacial score (nSPS) is 9.86. The number of nitrogens with two attached hydrogens (primary N) is 1. The minimum atomic E-state index is -0.170. The molecule has 4 heteroatoms. The molecule has 1 aromatic rings. The van der Waals surface area contributed by atoms with Gasteiger partial charge in [-0.25, -0.2) is 0 Å². The van der Waals surface area contributed by atoms with Crippen molar-refractivity contribution in [2.45, 2.75) is 13.2 Å². The van der Waals surface area contributed by atoms with Gasteiger partial charge in [0.2, 0.25) is 5.91 Å². The third-order valence-corrected chi connectivity index (χ3v) is 1.88. The number of aliphatic hydroxyl groups excluding tert-OH is 1. The van der Waals surface area contributed by atoms with Gasteiger partial charge in [-0.05, 0) is 11.1 Å². The van der Waals surface area contributed by atoms with Crippen molar-refractivity contribution in [3.63, 3.8) is 0 Å². The molecule has 0 heterocycles. The lowest BCUT2D eigenvalue weighted by atomic mass is 10.1. The third-order valence-electron chi connectivity index (χ3n) is 1.88. The van der Waals surface area contributed by atoms with E-state index < -0.39 is 0 Å². The fourth-order valence-corrected chi connectivity index (χ4v) is 1.04. The molecule has 0 atom stereocenters. The molecule has 76 valence electrons. The zero-order valence-electron chi connectivity index (χ0n) is 7.86. The van der Waals surface area contributed by atoms with Crippen LogP contribution in [-0.4, -0.2) is 17.6 Å². The van der Waals surface area contributed by atoms with E-state index in [1.165, 1.54) is 0 Å². The number of hydrogen-bond donors (Lipinski definition) is 3. The molecule has 1 amide bonds. The van der Waals surface area contributed by atoms with Gasteiger partial charge in [0.1, 0.15) is 0 Å². The van der Waals surface area contributed by atoms with Crippen LogP contribution in [-0.2, 0) is 17.9 Å². The van der Waals surface area contributed by atoms with E-state index >= 15 is 0 Å². The van der Waals surface area contributed by atoms with Crippen LogP contribution in [0.5, 0.6) is 0 Å². The summed E-state index contributed by atoms with van der Waals surface area (Å²) in [4.78, 5) is 10.8. The lowest BCUT2D eigenvalue weighted by Gasteiger charge is -2.04. The lowest BCUT2D eigenvalue weighted by Crippen LogP contribution is -2.29. The van der Waals surface area contributed by atoms with Gasteiger partial charge in [-0.1, -0.05) is 24.3 Å². The number of amides is 1. The van der Waals surface area contributed by atoms with Crippen molar-refractivity contribution in [2.24, 2.45) is 5.73 Å². The van der Waals surface area contributed by atoms with Crippen molar-refractivity contribution in [3.8, 4) is 0 Å². The van der Waals surface area contributed by atoms with Crippen molar-refractivity contribution in [1.82, 2.24) is 5.32 Å². The van der Waals surface area contributed by atoms with Crippen LogP contribution >= 0.6 is 0 Å². The Morgan fingerprint density at radius 2 is 1.86 bits per heavy atom. The van der Waals surface area contributed by atoms with Crippen LogP contribution in [0.4, 0.5) is 0 Å². The standard InChI is InChI=1S/C10H14N2O2/c11-5-10(14)12-6-8-1-3-9(7-13)4-2-8/h1-4,13H,5-7,11H2,(H,12,14). The Morgan fingerprint density at radius 1 is 1.29 bits per heavy atom. The molecule has 1 aromatic carbocycles. The van der Waals surface area contributed by atoms with Gasteiger partial charge in [0, 0.05) is 6.54 Å². The molecule has 0 aliphatic carbocycles. The molecule has 0 saturated heterocycles. The van der Waals surface area contributed by atoms with E-state index in [0.29, 0.717) is 6.54 Å². The molecule has 1 rings (SSSR count). The predicted molar refractivity (Wildman–Crippen MR) is 53.3 cm³/mol. The van der Waals surface area contributed by atoms with Gasteiger partial charge in [0.05, 0.1) is 13.2 Å². The maximum absolute atomic E-state index is 10.8. The number of carbonyl (C=O) groups is 1. The fraction of sp³-hybridized carbons (Fsp3) is 0.300. The van der Waals surface area contributed by atoms with Gasteiger partial charge in [-0.2, -0.15) is 0 Å². The Hall–Kier alpha value is -1.39. The highest BCUT2D eigenvalue weighted by atomic mass is 16.3. The molecule has 0 fully saturated rings. The van der Waals surface area contributed by atoms with Crippen LogP contribution in [0, 0.1) is 0 Å². The average Bonchev–Trinajstić information content (AvgIpc) is 2.26. The van der Waals surface area contributed by atoms with Crippen molar-refractivity contribution >= 4 is 5.91 Å². The van der Waals surface area contributed by atoms with Gasteiger partial charge in [-0.3, -0.25) is 4.79 Å². The first-order valence-corrected chi connectivity index (χ1v) is 4.41. The Kier molecular flexibility index (Phi) is 4.10. The van der Waals surface area contributed by atoms with Crippen molar-refractivity contribution < 1.29 is 9.90 Å². The summed E-state index contributed by atoms with van der Waals surface area (Å²) in [6, 6.07) is 7.37. The van der Waals surface area contributed by atoms with Crippen LogP contribution in [0.1, 0.15) is 11.1 Å². The molecule has 0 unspecified atom stereocenters. The number of rotatable bonds is 4. The van der Waals surface area contributed by atoms with Gasteiger partial charge < -0.3 is 16.2 Å². The zero-order chi connectivity index (χ0) is 10.4. The summed E-state index contributed by atoms with van der Waals surface area (Å²) >= 11 is 0. The Bertz CT molecular complexity index is 295. The minimum Gasteiger partial charge on any atom is -0.392 e. The van der Waals surface area contributed by atoms with Crippen molar-refractivity contribution in [3.05, 3.63) is 35.4 Å². The highest BCUT2D eigenvalue weighted by Gasteiger charge is 1.97. The van der Waals surface area contributed by atoms with Crippen LogP contribution in [0.25, 0.3) is 0 Å². The summed E-state index contributed by atoms with van der Waals surface area (Å²) < 4.78 is 0. The van der Waals surface area contributed by atoms with Gasteiger partial charge in [-0.15, -0.1) is 0 Å². The van der Waals surface area contributed by atoms with E-state index in [9.17, 15) is 4.79 Å². The van der Waals surface area contributed by atoms with Crippen LogP contribution in [0.3, 0.4) is 0 Å². The number of benzene rings is 1. The highest BCUT2D eigenvalue weighted by molar-refractivity contribution is 5.77. The first-order chi connectivity index (χ1) is 6.76. The molecule has 0 aliphatic heterocycles. The molecule has 0 aliphatic rings. The molecular formula is C10H14N2O2. The number of aliphatic hydroxyl groups is 1. The molecule has 0 spiro atoms. The van der Waals surface area contributed by atoms with Gasteiger partial charge >= 0.3 is 0 Å². The quantitative estimate of drug-likeness (QED) is 0.619. The maximum atomic E-state index is 10.8. The smallest absolute Gasteiger partial charge is 0.234 e. The van der Waals surface area contributed by atoms with Crippen LogP contribution in [0.15, 0.2) is 24.3 Å². The average molecular weight is 194 g/mol. The number of carbonyl (C=O) groups excluding carboxylic acids is 1. The Morgan fingerprint density at radius 3 is 2.36 bits per heavy atom. The van der Waals surface area contributed by atoms with E-state index in [1.807, 2.05) is 24.3 Å². The monoisotopic (exact) mass is 194 g/mol. The maximum Gasteiger partial charge on any atom is 0.234 e. The topological polar surface area (TPSA) is 75.4 Å². The minimum absolute atomic E-state index is 0.00865. The largest absolute Gasteiger partial charge is 0.392 e. The molecular weight excluding hydrogens is 180 g/mol. The highest BCUT2D eigenvalue weighted by Crippen LogP contribution is 2.03. The summed E-state index contributed by atoms with van der Waals surface area (Å²) in [7, 11) is 0. The van der Waals surface area contributed by atoms with E-state index in [2.05, 4.69) is 5.32 Å². The van der Waals surface area contributed by atoms with Crippen molar-refractivity contribution in [2.75, 3.05) is 6.54 Å². The van der Waals surface area contributed by atoms with Crippen LogP contribution in [0.2, 0.25) is 0 Å². The Labute approximate surface area is 82.7 Å². The second kappa shape index (κ2) is 5.36. The number of nitrogens with one attached hydrogen (secondary N) is 1. The molecule has 0 radical (unpaired) electrons. The second-order valence-electron chi connectivity index (χ2n) is 2.96. The Balaban J connectivity index is 2.47. The van der Waals surface area contributed by atoms with E-state index in [0.717, 1.165) is 11.1 Å². The van der Waals surface area contributed by atoms with Gasteiger partial charge in [0.15, 0.2) is 0 Å². The summed E-state index contributed by atoms with van der Waals surface area (Å²) in [5.41, 5.74) is 6.99. The molecule has 0 saturated carbocycles. The van der Waals surface area contributed by atoms with E-state index in [-0.39, 0.29) is 19.1 Å². The van der Waals surface area contributed by atoms with Gasteiger partial charge in [0.25, 0.3) is 0 Å². The fourth-order valence-electron chi connectivity index (χ4n) is 1.04. The second-order valence-corrected chi connectivity index (χ2v) is 2.96. The zero-order valence-corrected chi connectivity index (χ0v) is 7.86. The first kappa shape index (κ1) is 10.7. The lowest BCUT2D eigenvalue weighted by molar-refractivity contribution is -0.119. The van der Waals surface area contributed by atoms with E-state index in [4.69, 9.17) is 10.8 Å². The van der Waals surface area contributed by atoms with E-state index in [1.54, 1.807) is 0 Å². The summed E-state index contributed by atoms with van der Waals surface area (Å²) in [6.45, 7) is 0.520. The third kappa shape index (κ3) is 3.16.